The summed E-state index contributed by atoms with van der Waals surface area (Å²) in [5.74, 6) is 0.248. The van der Waals surface area contributed by atoms with Gasteiger partial charge in [-0.25, -0.2) is 14.8 Å². The Kier molecular flexibility index (Phi) is 7.62. The first-order valence-corrected chi connectivity index (χ1v) is 13.6. The van der Waals surface area contributed by atoms with Crippen molar-refractivity contribution in [3.63, 3.8) is 0 Å². The molecular formula is C27H35N5O4S. The summed E-state index contributed by atoms with van der Waals surface area (Å²) in [6, 6.07) is 9.59. The zero-order valence-corrected chi connectivity index (χ0v) is 22.4. The molecule has 10 heteroatoms. The molecule has 37 heavy (non-hydrogen) atoms. The lowest BCUT2D eigenvalue weighted by Crippen LogP contribution is -2.52. The first kappa shape index (κ1) is 25.8. The quantitative estimate of drug-likeness (QED) is 0.504. The average molecular weight is 526 g/mol. The molecule has 2 fully saturated rings. The molecule has 1 aromatic carbocycles. The number of amides is 1. The van der Waals surface area contributed by atoms with Crippen LogP contribution in [0.5, 0.6) is 5.75 Å². The number of aromatic hydroxyl groups is 1. The fourth-order valence-electron chi connectivity index (χ4n) is 5.10. The molecule has 2 saturated heterocycles. The number of piperidine rings is 1. The van der Waals surface area contributed by atoms with E-state index in [9.17, 15) is 9.90 Å². The van der Waals surface area contributed by atoms with Gasteiger partial charge in [-0.05, 0) is 57.4 Å². The number of alkyl carbamates (subject to hydrolysis) is 1. The molecule has 1 amide bonds. The molecule has 0 bridgehead atoms. The van der Waals surface area contributed by atoms with Crippen LogP contribution >= 0.6 is 11.3 Å². The number of phenolic OH excluding ortho intramolecular Hbond substituents is 1. The summed E-state index contributed by atoms with van der Waals surface area (Å²) >= 11 is 1.73. The number of ether oxygens (including phenoxy) is 2. The predicted octanol–water partition coefficient (Wildman–Crippen LogP) is 4.46. The van der Waals surface area contributed by atoms with E-state index in [4.69, 9.17) is 9.47 Å². The van der Waals surface area contributed by atoms with Crippen molar-refractivity contribution in [1.29, 1.82) is 0 Å². The summed E-state index contributed by atoms with van der Waals surface area (Å²) in [6.45, 7) is 9.45. The van der Waals surface area contributed by atoms with E-state index in [1.807, 2.05) is 39.1 Å². The molecule has 9 nitrogen and oxygen atoms in total. The van der Waals surface area contributed by atoms with Crippen molar-refractivity contribution in [2.75, 3.05) is 32.8 Å². The maximum atomic E-state index is 12.3. The number of fused-ring (bicyclic) bond motifs is 1. The highest BCUT2D eigenvalue weighted by Crippen LogP contribution is 2.38. The van der Waals surface area contributed by atoms with Gasteiger partial charge in [-0.15, -0.1) is 11.3 Å². The van der Waals surface area contributed by atoms with Crippen molar-refractivity contribution >= 4 is 27.6 Å². The smallest absolute Gasteiger partial charge is 0.407 e. The summed E-state index contributed by atoms with van der Waals surface area (Å²) in [5.41, 5.74) is 1.42. The van der Waals surface area contributed by atoms with Crippen LogP contribution in [0.3, 0.4) is 0 Å². The van der Waals surface area contributed by atoms with Gasteiger partial charge in [0, 0.05) is 43.3 Å². The molecule has 3 aromatic rings. The number of morpholine rings is 1. The van der Waals surface area contributed by atoms with Gasteiger partial charge in [0.25, 0.3) is 0 Å². The topological polar surface area (TPSA) is 100 Å². The summed E-state index contributed by atoms with van der Waals surface area (Å²) in [5, 5.41) is 13.1. The second kappa shape index (κ2) is 10.9. The monoisotopic (exact) mass is 525 g/mol. The van der Waals surface area contributed by atoms with Gasteiger partial charge < -0.3 is 19.9 Å². The molecule has 2 N–H and O–H groups in total. The number of carbonyl (C=O) groups is 1. The Balaban J connectivity index is 1.34. The molecule has 2 aliphatic heterocycles. The lowest BCUT2D eigenvalue weighted by atomic mass is 10.0. The van der Waals surface area contributed by atoms with E-state index in [0.29, 0.717) is 13.2 Å². The molecule has 2 atom stereocenters. The first-order valence-electron chi connectivity index (χ1n) is 12.8. The van der Waals surface area contributed by atoms with Gasteiger partial charge in [0.2, 0.25) is 0 Å². The third-order valence-electron chi connectivity index (χ3n) is 6.75. The Hall–Kier alpha value is -2.79. The minimum Gasteiger partial charge on any atom is -0.508 e. The van der Waals surface area contributed by atoms with Crippen LogP contribution in [0.4, 0.5) is 4.79 Å². The molecule has 2 unspecified atom stereocenters. The van der Waals surface area contributed by atoms with E-state index in [1.165, 1.54) is 4.88 Å². The molecule has 2 aliphatic rings. The van der Waals surface area contributed by atoms with Gasteiger partial charge in [-0.2, -0.15) is 0 Å². The molecule has 198 valence electrons. The normalized spacial score (nSPS) is 21.1. The van der Waals surface area contributed by atoms with E-state index in [-0.39, 0.29) is 30.2 Å². The number of benzene rings is 1. The Bertz CT molecular complexity index is 1190. The van der Waals surface area contributed by atoms with E-state index >= 15 is 0 Å². The van der Waals surface area contributed by atoms with E-state index in [1.54, 1.807) is 29.8 Å². The molecule has 5 rings (SSSR count). The third-order valence-corrected chi connectivity index (χ3v) is 7.85. The number of rotatable bonds is 5. The predicted molar refractivity (Wildman–Crippen MR) is 142 cm³/mol. The van der Waals surface area contributed by atoms with E-state index in [0.717, 1.165) is 48.3 Å². The van der Waals surface area contributed by atoms with Crippen LogP contribution in [0.15, 0.2) is 42.9 Å². The maximum absolute atomic E-state index is 12.3. The second-order valence-electron chi connectivity index (χ2n) is 10.7. The van der Waals surface area contributed by atoms with Gasteiger partial charge in [-0.1, -0.05) is 12.1 Å². The fraction of sp³-hybridized carbons (Fsp3) is 0.519. The van der Waals surface area contributed by atoms with Gasteiger partial charge in [0.05, 0.1) is 29.1 Å². The van der Waals surface area contributed by atoms with Crippen LogP contribution in [-0.4, -0.2) is 75.4 Å². The number of nitrogens with zero attached hydrogens (tertiary/aromatic N) is 4. The maximum Gasteiger partial charge on any atom is 0.407 e. The van der Waals surface area contributed by atoms with Crippen LogP contribution in [0, 0.1) is 0 Å². The standard InChI is InChI=1S/C27H35N5O4S/c1-27(2,3)36-26(34)30-19-7-9-31(10-8-19)25(23-14-21-24(37-23)15-28-17-29-21)32-11-12-35-22(16-32)18-5-4-6-20(33)13-18/h4-6,13-15,17,19,22,25,33H,7-12,16H2,1-3H3,(H,30,34). The molecule has 0 saturated carbocycles. The molecule has 0 radical (unpaired) electrons. The SMILES string of the molecule is CC(C)(C)OC(=O)NC1CCN(C(c2cc3ncncc3s2)N2CCOC(c3cccc(O)c3)C2)CC1. The van der Waals surface area contributed by atoms with Crippen LogP contribution in [0.1, 0.15) is 56.3 Å². The summed E-state index contributed by atoms with van der Waals surface area (Å²) in [6.07, 6.45) is 4.75. The first-order chi connectivity index (χ1) is 17.7. The summed E-state index contributed by atoms with van der Waals surface area (Å²) in [4.78, 5) is 27.2. The largest absolute Gasteiger partial charge is 0.508 e. The number of thiophene rings is 1. The Morgan fingerprint density at radius 2 is 2.03 bits per heavy atom. The summed E-state index contributed by atoms with van der Waals surface area (Å²) < 4.78 is 12.7. The van der Waals surface area contributed by atoms with Crippen LogP contribution in [0.2, 0.25) is 0 Å². The fourth-order valence-corrected chi connectivity index (χ4v) is 6.26. The van der Waals surface area contributed by atoms with Crippen molar-refractivity contribution < 1.29 is 19.4 Å². The van der Waals surface area contributed by atoms with Gasteiger partial charge in [0.1, 0.15) is 17.7 Å². The highest BCUT2D eigenvalue weighted by atomic mass is 32.1. The molecule has 4 heterocycles. The Morgan fingerprint density at radius 3 is 2.76 bits per heavy atom. The number of hydrogen-bond acceptors (Lipinski definition) is 9. The minimum atomic E-state index is -0.512. The minimum absolute atomic E-state index is 0.0605. The van der Waals surface area contributed by atoms with Crippen molar-refractivity contribution in [3.05, 3.63) is 53.3 Å². The second-order valence-corrected chi connectivity index (χ2v) is 11.8. The number of hydrogen-bond donors (Lipinski definition) is 2. The Labute approximate surface area is 221 Å². The zero-order chi connectivity index (χ0) is 26.0. The van der Waals surface area contributed by atoms with Crippen LogP contribution in [0.25, 0.3) is 10.2 Å². The van der Waals surface area contributed by atoms with Crippen molar-refractivity contribution in [1.82, 2.24) is 25.1 Å². The highest BCUT2D eigenvalue weighted by Gasteiger charge is 2.35. The van der Waals surface area contributed by atoms with Gasteiger partial charge in [-0.3, -0.25) is 9.80 Å². The van der Waals surface area contributed by atoms with Gasteiger partial charge in [0.15, 0.2) is 0 Å². The van der Waals surface area contributed by atoms with Crippen molar-refractivity contribution in [3.8, 4) is 5.75 Å². The highest BCUT2D eigenvalue weighted by molar-refractivity contribution is 7.19. The number of aromatic nitrogens is 2. The summed E-state index contributed by atoms with van der Waals surface area (Å²) in [7, 11) is 0. The van der Waals surface area contributed by atoms with Crippen molar-refractivity contribution in [2.24, 2.45) is 0 Å². The van der Waals surface area contributed by atoms with Crippen molar-refractivity contribution in [2.45, 2.75) is 57.5 Å². The lowest BCUT2D eigenvalue weighted by molar-refractivity contribution is -0.0813. The van der Waals surface area contributed by atoms with Crippen LogP contribution < -0.4 is 5.32 Å². The van der Waals surface area contributed by atoms with E-state index in [2.05, 4.69) is 31.2 Å². The lowest BCUT2D eigenvalue weighted by Gasteiger charge is -2.45. The molecule has 0 aliphatic carbocycles. The van der Waals surface area contributed by atoms with Gasteiger partial charge >= 0.3 is 6.09 Å². The van der Waals surface area contributed by atoms with Crippen LogP contribution in [-0.2, 0) is 9.47 Å². The zero-order valence-electron chi connectivity index (χ0n) is 21.6. The molecular weight excluding hydrogens is 490 g/mol. The third kappa shape index (κ3) is 6.38. The average Bonchev–Trinajstić information content (AvgIpc) is 3.28. The molecule has 0 spiro atoms. The number of likely N-dealkylation sites (tertiary alicyclic amines) is 1. The number of carbonyl (C=O) groups excluding carboxylic acids is 1. The molecule has 2 aromatic heterocycles. The van der Waals surface area contributed by atoms with E-state index < -0.39 is 5.60 Å². The number of nitrogens with one attached hydrogen (secondary N) is 1. The Morgan fingerprint density at radius 1 is 1.22 bits per heavy atom. The number of phenols is 1.